The lowest BCUT2D eigenvalue weighted by molar-refractivity contribution is 0.0951. The minimum Gasteiger partial charge on any atom is -0.356 e. The standard InChI is InChI=1S/C21H22ClN5O/c22-18-8-2-3-9-19(18)27-15-17(14-25-27)21(28)24-13-16-7-6-10-23-20(16)26-11-4-1-5-12-26/h2-3,6-10,14-15H,1,4-5,11-13H2,(H,24,28). The zero-order chi connectivity index (χ0) is 19.3. The molecule has 3 heterocycles. The molecule has 0 bridgehead atoms. The van der Waals surface area contributed by atoms with Crippen LogP contribution in [0.25, 0.3) is 5.69 Å². The zero-order valence-corrected chi connectivity index (χ0v) is 16.3. The molecule has 0 saturated carbocycles. The quantitative estimate of drug-likeness (QED) is 0.712. The van der Waals surface area contributed by atoms with Crippen molar-refractivity contribution >= 4 is 23.3 Å². The highest BCUT2D eigenvalue weighted by Gasteiger charge is 2.17. The average molecular weight is 396 g/mol. The lowest BCUT2D eigenvalue weighted by atomic mass is 10.1. The van der Waals surface area contributed by atoms with Gasteiger partial charge in [0.25, 0.3) is 5.91 Å². The number of hydrogen-bond acceptors (Lipinski definition) is 4. The smallest absolute Gasteiger partial charge is 0.254 e. The van der Waals surface area contributed by atoms with Gasteiger partial charge in [0.2, 0.25) is 0 Å². The van der Waals surface area contributed by atoms with Gasteiger partial charge in [-0.15, -0.1) is 0 Å². The molecule has 0 spiro atoms. The van der Waals surface area contributed by atoms with E-state index in [-0.39, 0.29) is 5.91 Å². The van der Waals surface area contributed by atoms with Crippen LogP contribution in [0.5, 0.6) is 0 Å². The molecule has 3 aromatic rings. The molecule has 1 aromatic carbocycles. The normalized spacial score (nSPS) is 14.1. The highest BCUT2D eigenvalue weighted by atomic mass is 35.5. The van der Waals surface area contributed by atoms with E-state index >= 15 is 0 Å². The van der Waals surface area contributed by atoms with Gasteiger partial charge in [-0.2, -0.15) is 5.10 Å². The first-order valence-electron chi connectivity index (χ1n) is 9.49. The van der Waals surface area contributed by atoms with Crippen LogP contribution in [0.2, 0.25) is 5.02 Å². The Morgan fingerprint density at radius 1 is 1.11 bits per heavy atom. The average Bonchev–Trinajstić information content (AvgIpc) is 3.23. The first kappa shape index (κ1) is 18.5. The van der Waals surface area contributed by atoms with E-state index in [0.29, 0.717) is 17.1 Å². The van der Waals surface area contributed by atoms with Gasteiger partial charge >= 0.3 is 0 Å². The molecule has 6 nitrogen and oxygen atoms in total. The Hall–Kier alpha value is -2.86. The number of para-hydroxylation sites is 1. The fourth-order valence-corrected chi connectivity index (χ4v) is 3.67. The van der Waals surface area contributed by atoms with Gasteiger partial charge < -0.3 is 10.2 Å². The van der Waals surface area contributed by atoms with Crippen LogP contribution in [0.4, 0.5) is 5.82 Å². The van der Waals surface area contributed by atoms with Gasteiger partial charge in [-0.05, 0) is 37.5 Å². The Balaban J connectivity index is 1.45. The number of amides is 1. The van der Waals surface area contributed by atoms with E-state index in [1.54, 1.807) is 23.1 Å². The van der Waals surface area contributed by atoms with Crippen molar-refractivity contribution in [2.24, 2.45) is 0 Å². The maximum absolute atomic E-state index is 12.6. The molecular weight excluding hydrogens is 374 g/mol. The lowest BCUT2D eigenvalue weighted by Crippen LogP contribution is -2.32. The van der Waals surface area contributed by atoms with Crippen molar-refractivity contribution in [3.63, 3.8) is 0 Å². The molecule has 1 saturated heterocycles. The molecule has 144 valence electrons. The number of nitrogens with one attached hydrogen (secondary N) is 1. The summed E-state index contributed by atoms with van der Waals surface area (Å²) in [4.78, 5) is 19.5. The summed E-state index contributed by atoms with van der Waals surface area (Å²) in [6.45, 7) is 2.46. The summed E-state index contributed by atoms with van der Waals surface area (Å²) in [7, 11) is 0. The summed E-state index contributed by atoms with van der Waals surface area (Å²) >= 11 is 6.21. The van der Waals surface area contributed by atoms with Crippen molar-refractivity contribution in [3.05, 3.63) is 71.1 Å². The molecule has 28 heavy (non-hydrogen) atoms. The molecule has 1 aliphatic heterocycles. The van der Waals surface area contributed by atoms with Crippen LogP contribution in [0.3, 0.4) is 0 Å². The zero-order valence-electron chi connectivity index (χ0n) is 15.5. The van der Waals surface area contributed by atoms with Crippen LogP contribution in [0.15, 0.2) is 55.0 Å². The monoisotopic (exact) mass is 395 g/mol. The third-order valence-electron chi connectivity index (χ3n) is 4.91. The maximum atomic E-state index is 12.6. The van der Waals surface area contributed by atoms with E-state index in [2.05, 4.69) is 20.3 Å². The number of carbonyl (C=O) groups excluding carboxylic acids is 1. The fraction of sp³-hybridized carbons (Fsp3) is 0.286. The summed E-state index contributed by atoms with van der Waals surface area (Å²) in [6, 6.07) is 11.3. The highest BCUT2D eigenvalue weighted by Crippen LogP contribution is 2.22. The van der Waals surface area contributed by atoms with Crippen molar-refractivity contribution in [3.8, 4) is 5.69 Å². The topological polar surface area (TPSA) is 63.1 Å². The molecule has 7 heteroatoms. The van der Waals surface area contributed by atoms with Crippen LogP contribution < -0.4 is 10.2 Å². The third-order valence-corrected chi connectivity index (χ3v) is 5.23. The third kappa shape index (κ3) is 4.02. The van der Waals surface area contributed by atoms with Gasteiger partial charge in [-0.3, -0.25) is 4.79 Å². The van der Waals surface area contributed by atoms with E-state index in [0.717, 1.165) is 30.2 Å². The largest absolute Gasteiger partial charge is 0.356 e. The van der Waals surface area contributed by atoms with Crippen LogP contribution in [-0.2, 0) is 6.54 Å². The minimum atomic E-state index is -0.174. The van der Waals surface area contributed by atoms with Crippen molar-refractivity contribution in [1.29, 1.82) is 0 Å². The summed E-state index contributed by atoms with van der Waals surface area (Å²) < 4.78 is 1.61. The number of rotatable bonds is 5. The van der Waals surface area contributed by atoms with Gasteiger partial charge in [-0.1, -0.05) is 29.8 Å². The van der Waals surface area contributed by atoms with E-state index in [4.69, 9.17) is 11.6 Å². The van der Waals surface area contributed by atoms with Gasteiger partial charge in [0.15, 0.2) is 0 Å². The molecular formula is C21H22ClN5O. The fourth-order valence-electron chi connectivity index (χ4n) is 3.45. The number of hydrogen-bond donors (Lipinski definition) is 1. The molecule has 0 atom stereocenters. The molecule has 0 unspecified atom stereocenters. The first-order valence-corrected chi connectivity index (χ1v) is 9.87. The van der Waals surface area contributed by atoms with Gasteiger partial charge in [0, 0.05) is 37.6 Å². The molecule has 2 aromatic heterocycles. The molecule has 0 aliphatic carbocycles. The Labute approximate surface area is 169 Å². The molecule has 1 amide bonds. The second-order valence-electron chi connectivity index (χ2n) is 6.84. The Kier molecular flexibility index (Phi) is 5.58. The van der Waals surface area contributed by atoms with Gasteiger partial charge in [0.1, 0.15) is 5.82 Å². The summed E-state index contributed by atoms with van der Waals surface area (Å²) in [5, 5.41) is 7.83. The maximum Gasteiger partial charge on any atom is 0.254 e. The number of piperidine rings is 1. The second kappa shape index (κ2) is 8.44. The van der Waals surface area contributed by atoms with Crippen LogP contribution in [0.1, 0.15) is 35.2 Å². The van der Waals surface area contributed by atoms with E-state index in [1.807, 2.05) is 36.5 Å². The molecule has 1 fully saturated rings. The Morgan fingerprint density at radius 2 is 1.93 bits per heavy atom. The van der Waals surface area contributed by atoms with E-state index in [9.17, 15) is 4.79 Å². The van der Waals surface area contributed by atoms with Crippen molar-refractivity contribution in [1.82, 2.24) is 20.1 Å². The predicted molar refractivity (Wildman–Crippen MR) is 110 cm³/mol. The first-order chi connectivity index (χ1) is 13.7. The number of nitrogens with zero attached hydrogens (tertiary/aromatic N) is 4. The Morgan fingerprint density at radius 3 is 2.75 bits per heavy atom. The van der Waals surface area contributed by atoms with Crippen LogP contribution in [-0.4, -0.2) is 33.8 Å². The molecule has 0 radical (unpaired) electrons. The Bertz CT molecular complexity index is 965. The molecule has 4 rings (SSSR count). The van der Waals surface area contributed by atoms with E-state index in [1.165, 1.54) is 19.3 Å². The number of anilines is 1. The number of halogens is 1. The van der Waals surface area contributed by atoms with Gasteiger partial charge in [0.05, 0.1) is 22.5 Å². The number of pyridine rings is 1. The second-order valence-corrected chi connectivity index (χ2v) is 7.25. The number of carbonyl (C=O) groups is 1. The SMILES string of the molecule is O=C(NCc1cccnc1N1CCCCC1)c1cnn(-c2ccccc2Cl)c1. The summed E-state index contributed by atoms with van der Waals surface area (Å²) in [6.07, 6.45) is 8.68. The number of aromatic nitrogens is 3. The van der Waals surface area contributed by atoms with Crippen molar-refractivity contribution in [2.75, 3.05) is 18.0 Å². The highest BCUT2D eigenvalue weighted by molar-refractivity contribution is 6.32. The molecule has 1 N–H and O–H groups in total. The van der Waals surface area contributed by atoms with Crippen molar-refractivity contribution < 1.29 is 4.79 Å². The van der Waals surface area contributed by atoms with Crippen LogP contribution >= 0.6 is 11.6 Å². The lowest BCUT2D eigenvalue weighted by Gasteiger charge is -2.29. The molecule has 1 aliphatic rings. The van der Waals surface area contributed by atoms with Crippen molar-refractivity contribution in [2.45, 2.75) is 25.8 Å². The summed E-state index contributed by atoms with van der Waals surface area (Å²) in [5.41, 5.74) is 2.25. The van der Waals surface area contributed by atoms with E-state index < -0.39 is 0 Å². The minimum absolute atomic E-state index is 0.174. The van der Waals surface area contributed by atoms with Gasteiger partial charge in [-0.25, -0.2) is 9.67 Å². The summed E-state index contributed by atoms with van der Waals surface area (Å²) in [5.74, 6) is 0.793. The number of benzene rings is 1. The van der Waals surface area contributed by atoms with Crippen LogP contribution in [0, 0.1) is 0 Å². The predicted octanol–water partition coefficient (Wildman–Crippen LogP) is 3.84.